The van der Waals surface area contributed by atoms with Gasteiger partial charge in [0.25, 0.3) is 0 Å². The van der Waals surface area contributed by atoms with Gasteiger partial charge in [-0.25, -0.2) is 0 Å². The lowest BCUT2D eigenvalue weighted by Crippen LogP contribution is -2.55. The highest BCUT2D eigenvalue weighted by Gasteiger charge is 2.45. The largest absolute Gasteiger partial charge is 0.338 e. The second-order valence-corrected chi connectivity index (χ2v) is 5.95. The molecule has 18 heavy (non-hydrogen) atoms. The van der Waals surface area contributed by atoms with E-state index in [0.717, 1.165) is 45.2 Å². The number of carbonyl (C=O) groups excluding carboxylic acids is 1. The van der Waals surface area contributed by atoms with Crippen molar-refractivity contribution < 1.29 is 4.79 Å². The van der Waals surface area contributed by atoms with Crippen molar-refractivity contribution in [1.82, 2.24) is 10.2 Å². The number of carbonyl (C=O) groups is 1. The Balaban J connectivity index is 2.04. The molecular weight excluding hydrogens is 224 g/mol. The molecule has 1 saturated heterocycles. The topological polar surface area (TPSA) is 32.3 Å². The summed E-state index contributed by atoms with van der Waals surface area (Å²) in [6.45, 7) is 6.36. The van der Waals surface area contributed by atoms with Gasteiger partial charge in [0.15, 0.2) is 0 Å². The van der Waals surface area contributed by atoms with E-state index in [1.165, 1.54) is 19.3 Å². The van der Waals surface area contributed by atoms with E-state index in [-0.39, 0.29) is 5.54 Å². The molecule has 1 saturated carbocycles. The van der Waals surface area contributed by atoms with Gasteiger partial charge in [0.2, 0.25) is 5.91 Å². The molecule has 1 N–H and O–H groups in total. The van der Waals surface area contributed by atoms with E-state index in [1.807, 2.05) is 0 Å². The molecule has 0 radical (unpaired) electrons. The van der Waals surface area contributed by atoms with Crippen molar-refractivity contribution >= 4 is 5.91 Å². The van der Waals surface area contributed by atoms with Crippen LogP contribution in [0.3, 0.4) is 0 Å². The summed E-state index contributed by atoms with van der Waals surface area (Å²) < 4.78 is 0. The van der Waals surface area contributed by atoms with Gasteiger partial charge in [-0.15, -0.1) is 0 Å². The molecule has 3 heteroatoms. The van der Waals surface area contributed by atoms with Crippen LogP contribution in [0.5, 0.6) is 0 Å². The van der Waals surface area contributed by atoms with Gasteiger partial charge in [0.05, 0.1) is 5.54 Å². The Morgan fingerprint density at radius 1 is 1.33 bits per heavy atom. The number of hydrogen-bond acceptors (Lipinski definition) is 2. The third-order valence-electron chi connectivity index (χ3n) is 4.33. The minimum atomic E-state index is -0.217. The fourth-order valence-corrected chi connectivity index (χ4v) is 3.18. The Morgan fingerprint density at radius 3 is 2.61 bits per heavy atom. The zero-order valence-corrected chi connectivity index (χ0v) is 12.0. The molecule has 0 aromatic heterocycles. The summed E-state index contributed by atoms with van der Waals surface area (Å²) >= 11 is 0. The SMILES string of the molecule is CCCCN(C(=O)C1(CCC)CCCN1)C1CC1. The number of rotatable bonds is 7. The predicted octanol–water partition coefficient (Wildman–Crippen LogP) is 2.70. The summed E-state index contributed by atoms with van der Waals surface area (Å²) in [5.74, 6) is 0.401. The van der Waals surface area contributed by atoms with Crippen LogP contribution in [0.2, 0.25) is 0 Å². The lowest BCUT2D eigenvalue weighted by Gasteiger charge is -2.35. The van der Waals surface area contributed by atoms with Gasteiger partial charge in [-0.2, -0.15) is 0 Å². The quantitative estimate of drug-likeness (QED) is 0.755. The van der Waals surface area contributed by atoms with Gasteiger partial charge in [-0.1, -0.05) is 26.7 Å². The normalized spacial score (nSPS) is 27.4. The van der Waals surface area contributed by atoms with Crippen molar-refractivity contribution in [2.24, 2.45) is 0 Å². The summed E-state index contributed by atoms with van der Waals surface area (Å²) in [4.78, 5) is 15.1. The zero-order chi connectivity index (χ0) is 13.0. The van der Waals surface area contributed by atoms with Crippen molar-refractivity contribution in [2.75, 3.05) is 13.1 Å². The standard InChI is InChI=1S/C15H28N2O/c1-3-5-12-17(13-7-8-13)14(18)15(9-4-2)10-6-11-16-15/h13,16H,3-12H2,1-2H3. The highest BCUT2D eigenvalue weighted by molar-refractivity contribution is 5.87. The van der Waals surface area contributed by atoms with Gasteiger partial charge in [-0.3, -0.25) is 4.79 Å². The van der Waals surface area contributed by atoms with Crippen LogP contribution in [0.15, 0.2) is 0 Å². The van der Waals surface area contributed by atoms with Crippen molar-refractivity contribution in [3.05, 3.63) is 0 Å². The summed E-state index contributed by atoms with van der Waals surface area (Å²) in [5, 5.41) is 3.52. The van der Waals surface area contributed by atoms with E-state index in [9.17, 15) is 4.79 Å². The molecule has 0 spiro atoms. The monoisotopic (exact) mass is 252 g/mol. The van der Waals surface area contributed by atoms with Crippen LogP contribution < -0.4 is 5.32 Å². The molecule has 0 aromatic carbocycles. The Bertz CT molecular complexity index is 280. The average Bonchev–Trinajstić information content (AvgIpc) is 3.09. The van der Waals surface area contributed by atoms with Crippen LogP contribution in [-0.4, -0.2) is 35.5 Å². The maximum Gasteiger partial charge on any atom is 0.243 e. The maximum absolute atomic E-state index is 12.9. The number of hydrogen-bond donors (Lipinski definition) is 1. The van der Waals surface area contributed by atoms with Crippen LogP contribution in [0.25, 0.3) is 0 Å². The minimum Gasteiger partial charge on any atom is -0.338 e. The second-order valence-electron chi connectivity index (χ2n) is 5.95. The Morgan fingerprint density at radius 2 is 2.11 bits per heavy atom. The van der Waals surface area contributed by atoms with Crippen LogP contribution in [0.4, 0.5) is 0 Å². The number of amides is 1. The molecule has 1 aliphatic heterocycles. The number of unbranched alkanes of at least 4 members (excludes halogenated alkanes) is 1. The molecule has 1 unspecified atom stereocenters. The average molecular weight is 252 g/mol. The molecule has 0 aromatic rings. The Labute approximate surface area is 111 Å². The summed E-state index contributed by atoms with van der Waals surface area (Å²) in [7, 11) is 0. The highest BCUT2D eigenvalue weighted by atomic mass is 16.2. The van der Waals surface area contributed by atoms with Gasteiger partial charge in [0, 0.05) is 12.6 Å². The van der Waals surface area contributed by atoms with Crippen molar-refractivity contribution in [3.8, 4) is 0 Å². The maximum atomic E-state index is 12.9. The molecular formula is C15H28N2O. The van der Waals surface area contributed by atoms with Gasteiger partial charge in [-0.05, 0) is 45.1 Å². The molecule has 2 rings (SSSR count). The summed E-state index contributed by atoms with van der Waals surface area (Å²) in [6.07, 6.45) is 9.03. The fraction of sp³-hybridized carbons (Fsp3) is 0.933. The fourth-order valence-electron chi connectivity index (χ4n) is 3.18. The van der Waals surface area contributed by atoms with Gasteiger partial charge < -0.3 is 10.2 Å². The van der Waals surface area contributed by atoms with Crippen molar-refractivity contribution in [3.63, 3.8) is 0 Å². The van der Waals surface area contributed by atoms with E-state index < -0.39 is 0 Å². The molecule has 0 bridgehead atoms. The van der Waals surface area contributed by atoms with E-state index in [2.05, 4.69) is 24.1 Å². The predicted molar refractivity (Wildman–Crippen MR) is 74.5 cm³/mol. The third kappa shape index (κ3) is 2.87. The lowest BCUT2D eigenvalue weighted by atomic mass is 9.90. The number of nitrogens with zero attached hydrogens (tertiary/aromatic N) is 1. The van der Waals surface area contributed by atoms with E-state index in [4.69, 9.17) is 0 Å². The van der Waals surface area contributed by atoms with Crippen LogP contribution in [-0.2, 0) is 4.79 Å². The van der Waals surface area contributed by atoms with E-state index >= 15 is 0 Å². The highest BCUT2D eigenvalue weighted by Crippen LogP contribution is 2.33. The van der Waals surface area contributed by atoms with Crippen LogP contribution in [0.1, 0.15) is 65.2 Å². The van der Waals surface area contributed by atoms with Crippen molar-refractivity contribution in [2.45, 2.75) is 76.8 Å². The third-order valence-corrected chi connectivity index (χ3v) is 4.33. The van der Waals surface area contributed by atoms with Gasteiger partial charge in [0.1, 0.15) is 0 Å². The first-order chi connectivity index (χ1) is 8.73. The second kappa shape index (κ2) is 6.05. The summed E-state index contributed by atoms with van der Waals surface area (Å²) in [5.41, 5.74) is -0.217. The molecule has 104 valence electrons. The minimum absolute atomic E-state index is 0.217. The first kappa shape index (κ1) is 13.9. The molecule has 1 amide bonds. The molecule has 1 heterocycles. The molecule has 1 aliphatic carbocycles. The Kier molecular flexibility index (Phi) is 4.66. The van der Waals surface area contributed by atoms with E-state index in [1.54, 1.807) is 0 Å². The smallest absolute Gasteiger partial charge is 0.243 e. The van der Waals surface area contributed by atoms with Gasteiger partial charge >= 0.3 is 0 Å². The first-order valence-electron chi connectivity index (χ1n) is 7.79. The van der Waals surface area contributed by atoms with Crippen LogP contribution >= 0.6 is 0 Å². The number of nitrogens with one attached hydrogen (secondary N) is 1. The molecule has 1 atom stereocenters. The lowest BCUT2D eigenvalue weighted by molar-refractivity contribution is -0.139. The first-order valence-corrected chi connectivity index (χ1v) is 7.79. The molecule has 2 aliphatic rings. The van der Waals surface area contributed by atoms with E-state index in [0.29, 0.717) is 11.9 Å². The Hall–Kier alpha value is -0.570. The zero-order valence-electron chi connectivity index (χ0n) is 12.0. The summed E-state index contributed by atoms with van der Waals surface area (Å²) in [6, 6.07) is 0.556. The molecule has 2 fully saturated rings. The van der Waals surface area contributed by atoms with Crippen molar-refractivity contribution in [1.29, 1.82) is 0 Å². The molecule has 3 nitrogen and oxygen atoms in total. The van der Waals surface area contributed by atoms with Crippen LogP contribution in [0, 0.1) is 0 Å².